The van der Waals surface area contributed by atoms with E-state index in [2.05, 4.69) is 4.74 Å². The number of allylic oxidation sites excluding steroid dienone is 1. The first-order valence-electron chi connectivity index (χ1n) is 8.96. The number of likely N-dealkylation sites (tertiary alicyclic amines) is 1. The Labute approximate surface area is 150 Å². The van der Waals surface area contributed by atoms with Crippen molar-refractivity contribution in [2.45, 2.75) is 84.3 Å². The summed E-state index contributed by atoms with van der Waals surface area (Å²) in [7, 11) is 1.36. The van der Waals surface area contributed by atoms with Crippen molar-refractivity contribution >= 4 is 18.0 Å². The van der Waals surface area contributed by atoms with Crippen molar-refractivity contribution in [2.24, 2.45) is 0 Å². The molecule has 0 aromatic rings. The summed E-state index contributed by atoms with van der Waals surface area (Å²) in [5, 5.41) is 0. The molecule has 1 aliphatic heterocycles. The van der Waals surface area contributed by atoms with Gasteiger partial charge in [-0.1, -0.05) is 12.5 Å². The van der Waals surface area contributed by atoms with Crippen LogP contribution in [0.25, 0.3) is 0 Å². The van der Waals surface area contributed by atoms with Gasteiger partial charge in [0.05, 0.1) is 7.11 Å². The average molecular weight is 353 g/mol. The number of hydrogen-bond donors (Lipinski definition) is 0. The third-order valence-electron chi connectivity index (χ3n) is 4.10. The summed E-state index contributed by atoms with van der Waals surface area (Å²) in [5.41, 5.74) is -0.0577. The van der Waals surface area contributed by atoms with Crippen LogP contribution in [0.1, 0.15) is 72.6 Å². The summed E-state index contributed by atoms with van der Waals surface area (Å²) >= 11 is 0. The number of carbonyl (C=O) groups excluding carboxylic acids is 3. The summed E-state index contributed by atoms with van der Waals surface area (Å²) in [6.07, 6.45) is 6.38. The van der Waals surface area contributed by atoms with Crippen LogP contribution in [-0.4, -0.2) is 41.6 Å². The van der Waals surface area contributed by atoms with Gasteiger partial charge in [-0.15, -0.1) is 0 Å². The number of amides is 2. The Morgan fingerprint density at radius 1 is 1.28 bits per heavy atom. The quantitative estimate of drug-likeness (QED) is 0.424. The normalized spacial score (nSPS) is 19.4. The molecule has 6 heteroatoms. The van der Waals surface area contributed by atoms with Gasteiger partial charge < -0.3 is 9.47 Å². The summed E-state index contributed by atoms with van der Waals surface area (Å²) in [6.45, 7) is 7.10. The standard InChI is InChI=1S/C19H31NO5/c1-14(17(22)24-5)10-6-7-11-15-12-8-9-13-16(21)20(15)18(23)25-19(2,3)4/h10,15H,6-9,11-13H2,1-5H3/t15-/m0/s1. The number of imide groups is 1. The topological polar surface area (TPSA) is 72.9 Å². The summed E-state index contributed by atoms with van der Waals surface area (Å²) in [4.78, 5) is 37.5. The fourth-order valence-corrected chi connectivity index (χ4v) is 2.86. The van der Waals surface area contributed by atoms with Crippen LogP contribution in [0.4, 0.5) is 4.79 Å². The molecule has 1 saturated heterocycles. The van der Waals surface area contributed by atoms with Crippen LogP contribution < -0.4 is 0 Å². The van der Waals surface area contributed by atoms with Gasteiger partial charge in [0.2, 0.25) is 5.91 Å². The highest BCUT2D eigenvalue weighted by molar-refractivity contribution is 5.92. The van der Waals surface area contributed by atoms with Crippen molar-refractivity contribution in [1.82, 2.24) is 4.90 Å². The summed E-state index contributed by atoms with van der Waals surface area (Å²) < 4.78 is 10.1. The molecule has 0 saturated carbocycles. The van der Waals surface area contributed by atoms with E-state index in [1.807, 2.05) is 6.08 Å². The van der Waals surface area contributed by atoms with E-state index in [1.54, 1.807) is 27.7 Å². The van der Waals surface area contributed by atoms with Gasteiger partial charge in [0, 0.05) is 18.0 Å². The molecule has 0 aromatic heterocycles. The highest BCUT2D eigenvalue weighted by Gasteiger charge is 2.34. The second kappa shape index (κ2) is 9.59. The van der Waals surface area contributed by atoms with Crippen LogP contribution in [0.2, 0.25) is 0 Å². The minimum atomic E-state index is -0.630. The monoisotopic (exact) mass is 353 g/mol. The minimum Gasteiger partial charge on any atom is -0.466 e. The molecule has 0 bridgehead atoms. The van der Waals surface area contributed by atoms with Crippen molar-refractivity contribution in [1.29, 1.82) is 0 Å². The first-order valence-corrected chi connectivity index (χ1v) is 8.96. The molecule has 0 radical (unpaired) electrons. The summed E-state index contributed by atoms with van der Waals surface area (Å²) in [5.74, 6) is -0.488. The van der Waals surface area contributed by atoms with E-state index < -0.39 is 11.7 Å². The zero-order chi connectivity index (χ0) is 19.0. The predicted octanol–water partition coefficient (Wildman–Crippen LogP) is 3.98. The zero-order valence-electron chi connectivity index (χ0n) is 16.1. The van der Waals surface area contributed by atoms with Gasteiger partial charge in [-0.2, -0.15) is 0 Å². The van der Waals surface area contributed by atoms with E-state index in [1.165, 1.54) is 12.0 Å². The molecular weight excluding hydrogens is 322 g/mol. The van der Waals surface area contributed by atoms with Crippen LogP contribution in [0.3, 0.4) is 0 Å². The number of carbonyl (C=O) groups is 3. The molecular formula is C19H31NO5. The fourth-order valence-electron chi connectivity index (χ4n) is 2.86. The van der Waals surface area contributed by atoms with Crippen molar-refractivity contribution < 1.29 is 23.9 Å². The Hall–Kier alpha value is -1.85. The first kappa shape index (κ1) is 21.2. The fraction of sp³-hybridized carbons (Fsp3) is 0.737. The molecule has 0 aliphatic carbocycles. The van der Waals surface area contributed by atoms with E-state index in [0.29, 0.717) is 24.8 Å². The van der Waals surface area contributed by atoms with E-state index in [0.717, 1.165) is 25.7 Å². The maximum Gasteiger partial charge on any atom is 0.417 e. The van der Waals surface area contributed by atoms with Gasteiger partial charge >= 0.3 is 12.1 Å². The Kier molecular flexibility index (Phi) is 8.13. The Morgan fingerprint density at radius 2 is 1.96 bits per heavy atom. The lowest BCUT2D eigenvalue weighted by molar-refractivity contribution is -0.136. The maximum absolute atomic E-state index is 12.5. The van der Waals surface area contributed by atoms with Crippen molar-refractivity contribution in [3.63, 3.8) is 0 Å². The molecule has 2 amide bonds. The van der Waals surface area contributed by atoms with Gasteiger partial charge in [0.25, 0.3) is 0 Å². The molecule has 25 heavy (non-hydrogen) atoms. The number of nitrogens with zero attached hydrogens (tertiary/aromatic N) is 1. The maximum atomic E-state index is 12.5. The third-order valence-corrected chi connectivity index (χ3v) is 4.10. The lowest BCUT2D eigenvalue weighted by Crippen LogP contribution is -2.46. The lowest BCUT2D eigenvalue weighted by atomic mass is 10.0. The third kappa shape index (κ3) is 7.28. The SMILES string of the molecule is COC(=O)C(C)=CCCC[C@H]1CCCCC(=O)N1C(=O)OC(C)(C)C. The van der Waals surface area contributed by atoms with Gasteiger partial charge in [-0.05, 0) is 59.8 Å². The molecule has 0 unspecified atom stereocenters. The van der Waals surface area contributed by atoms with Crippen LogP contribution >= 0.6 is 0 Å². The number of unbranched alkanes of at least 4 members (excludes halogenated alkanes) is 1. The van der Waals surface area contributed by atoms with Crippen molar-refractivity contribution in [2.75, 3.05) is 7.11 Å². The second-order valence-electron chi connectivity index (χ2n) is 7.45. The molecule has 6 nitrogen and oxygen atoms in total. The second-order valence-corrected chi connectivity index (χ2v) is 7.45. The molecule has 1 aliphatic rings. The Balaban J connectivity index is 2.70. The van der Waals surface area contributed by atoms with Gasteiger partial charge in [0.1, 0.15) is 5.60 Å². The number of hydrogen-bond acceptors (Lipinski definition) is 5. The largest absolute Gasteiger partial charge is 0.466 e. The molecule has 0 aromatic carbocycles. The van der Waals surface area contributed by atoms with Gasteiger partial charge in [-0.25, -0.2) is 14.5 Å². The van der Waals surface area contributed by atoms with Crippen LogP contribution in [-0.2, 0) is 19.1 Å². The highest BCUT2D eigenvalue weighted by Crippen LogP contribution is 2.24. The van der Waals surface area contributed by atoms with E-state index in [-0.39, 0.29) is 17.9 Å². The highest BCUT2D eigenvalue weighted by atomic mass is 16.6. The first-order chi connectivity index (χ1) is 11.7. The van der Waals surface area contributed by atoms with E-state index >= 15 is 0 Å². The molecule has 0 N–H and O–H groups in total. The molecule has 1 fully saturated rings. The number of methoxy groups -OCH3 is 1. The number of esters is 1. The minimum absolute atomic E-state index is 0.142. The predicted molar refractivity (Wildman–Crippen MR) is 95.0 cm³/mol. The smallest absolute Gasteiger partial charge is 0.417 e. The Morgan fingerprint density at radius 3 is 2.56 bits per heavy atom. The molecule has 142 valence electrons. The molecule has 0 spiro atoms. The van der Waals surface area contributed by atoms with Crippen LogP contribution in [0, 0.1) is 0 Å². The van der Waals surface area contributed by atoms with Gasteiger partial charge in [0.15, 0.2) is 0 Å². The van der Waals surface area contributed by atoms with Crippen molar-refractivity contribution in [3.05, 3.63) is 11.6 Å². The number of rotatable bonds is 5. The summed E-state index contributed by atoms with van der Waals surface area (Å²) in [6, 6.07) is -0.142. The molecule has 1 rings (SSSR count). The number of ether oxygens (including phenoxy) is 2. The lowest BCUT2D eigenvalue weighted by Gasteiger charge is -2.31. The molecule has 1 heterocycles. The zero-order valence-corrected chi connectivity index (χ0v) is 16.1. The van der Waals surface area contributed by atoms with Crippen LogP contribution in [0.15, 0.2) is 11.6 Å². The van der Waals surface area contributed by atoms with Crippen LogP contribution in [0.5, 0.6) is 0 Å². The Bertz CT molecular complexity index is 518. The van der Waals surface area contributed by atoms with Crippen molar-refractivity contribution in [3.8, 4) is 0 Å². The van der Waals surface area contributed by atoms with Gasteiger partial charge in [-0.3, -0.25) is 4.79 Å². The molecule has 1 atom stereocenters. The van der Waals surface area contributed by atoms with E-state index in [9.17, 15) is 14.4 Å². The van der Waals surface area contributed by atoms with E-state index in [4.69, 9.17) is 4.74 Å². The average Bonchev–Trinajstić information content (AvgIpc) is 2.70.